The number of likely N-dealkylation sites (tertiary alicyclic amines) is 1. The van der Waals surface area contributed by atoms with Gasteiger partial charge in [0, 0.05) is 44.6 Å². The maximum absolute atomic E-state index is 14.0. The van der Waals surface area contributed by atoms with Crippen molar-refractivity contribution >= 4 is 45.4 Å². The molecule has 1 fully saturated rings. The first kappa shape index (κ1) is 29.6. The minimum absolute atomic E-state index is 0.143. The van der Waals surface area contributed by atoms with Crippen LogP contribution in [0.3, 0.4) is 0 Å². The molecule has 43 heavy (non-hydrogen) atoms. The standard InChI is InChI=1S/C32H34N4O7/c1-20(37)43-19-26(39)35-15-13-21(14-16-35)17-33-31(40)29-30(42-3)27-28(34(29)2)23-11-7-8-12-24(23)36(32(27)41)18-25(38)22-9-5-4-6-10-22/h4-12,21H,13-19H2,1-3H3,(H,33,40). The molecule has 5 rings (SSSR count). The van der Waals surface area contributed by atoms with Crippen molar-refractivity contribution in [2.24, 2.45) is 13.0 Å². The van der Waals surface area contributed by atoms with Crippen LogP contribution in [0.15, 0.2) is 59.4 Å². The lowest BCUT2D eigenvalue weighted by Gasteiger charge is -2.32. The molecule has 0 radical (unpaired) electrons. The number of nitrogens with one attached hydrogen (secondary N) is 1. The number of amides is 2. The second-order valence-electron chi connectivity index (χ2n) is 10.7. The number of rotatable bonds is 9. The van der Waals surface area contributed by atoms with Gasteiger partial charge in [0.15, 0.2) is 23.8 Å². The number of carbonyl (C=O) groups is 4. The van der Waals surface area contributed by atoms with Gasteiger partial charge in [-0.1, -0.05) is 48.5 Å². The van der Waals surface area contributed by atoms with Crippen LogP contribution in [0.1, 0.15) is 40.6 Å². The molecule has 2 aromatic carbocycles. The van der Waals surface area contributed by atoms with Crippen molar-refractivity contribution < 1.29 is 28.7 Å². The van der Waals surface area contributed by atoms with E-state index in [1.165, 1.54) is 18.6 Å². The van der Waals surface area contributed by atoms with E-state index in [9.17, 15) is 24.0 Å². The fraction of sp³-hybridized carbons (Fsp3) is 0.344. The fourth-order valence-electron chi connectivity index (χ4n) is 5.76. The number of Topliss-reactive ketones (excluding diaryl/α,β-unsaturated/α-hetero) is 1. The number of carbonyl (C=O) groups excluding carboxylic acids is 4. The van der Waals surface area contributed by atoms with Crippen LogP contribution in [0.25, 0.3) is 21.8 Å². The van der Waals surface area contributed by atoms with Crippen molar-refractivity contribution in [3.8, 4) is 5.75 Å². The van der Waals surface area contributed by atoms with E-state index in [1.54, 1.807) is 52.9 Å². The zero-order valence-electron chi connectivity index (χ0n) is 24.4. The average molecular weight is 587 g/mol. The Morgan fingerprint density at radius 1 is 0.977 bits per heavy atom. The number of aryl methyl sites for hydroxylation is 1. The lowest BCUT2D eigenvalue weighted by atomic mass is 9.96. The molecule has 0 saturated carbocycles. The number of fused-ring (bicyclic) bond motifs is 3. The average Bonchev–Trinajstić information content (AvgIpc) is 3.33. The molecule has 0 bridgehead atoms. The Labute approximate surface area is 248 Å². The van der Waals surface area contributed by atoms with E-state index in [0.717, 1.165) is 0 Å². The summed E-state index contributed by atoms with van der Waals surface area (Å²) in [6.07, 6.45) is 1.37. The summed E-state index contributed by atoms with van der Waals surface area (Å²) in [4.78, 5) is 65.6. The summed E-state index contributed by atoms with van der Waals surface area (Å²) in [7, 11) is 3.14. The number of para-hydroxylation sites is 1. The number of pyridine rings is 1. The number of hydrogen-bond donors (Lipinski definition) is 1. The Kier molecular flexibility index (Phi) is 8.61. The van der Waals surface area contributed by atoms with Crippen LogP contribution in [0, 0.1) is 5.92 Å². The molecule has 4 aromatic rings. The van der Waals surface area contributed by atoms with Crippen molar-refractivity contribution in [3.05, 3.63) is 76.2 Å². The summed E-state index contributed by atoms with van der Waals surface area (Å²) in [5, 5.41) is 3.93. The number of ether oxygens (including phenoxy) is 2. The highest BCUT2D eigenvalue weighted by atomic mass is 16.5. The number of esters is 1. The van der Waals surface area contributed by atoms with Crippen molar-refractivity contribution in [1.29, 1.82) is 0 Å². The lowest BCUT2D eigenvalue weighted by molar-refractivity contribution is -0.150. The second-order valence-corrected chi connectivity index (χ2v) is 10.7. The number of ketones is 1. The second kappa shape index (κ2) is 12.5. The molecular weight excluding hydrogens is 552 g/mol. The van der Waals surface area contributed by atoms with Crippen molar-refractivity contribution in [1.82, 2.24) is 19.4 Å². The Morgan fingerprint density at radius 3 is 2.33 bits per heavy atom. The zero-order valence-corrected chi connectivity index (χ0v) is 24.4. The lowest BCUT2D eigenvalue weighted by Crippen LogP contribution is -2.43. The summed E-state index contributed by atoms with van der Waals surface area (Å²) >= 11 is 0. The Balaban J connectivity index is 1.41. The number of methoxy groups -OCH3 is 1. The van der Waals surface area contributed by atoms with Crippen LogP contribution in [0.5, 0.6) is 5.75 Å². The summed E-state index contributed by atoms with van der Waals surface area (Å²) in [6, 6.07) is 16.1. The molecule has 0 spiro atoms. The van der Waals surface area contributed by atoms with Gasteiger partial charge in [-0.05, 0) is 24.8 Å². The largest absolute Gasteiger partial charge is 0.493 e. The van der Waals surface area contributed by atoms with Gasteiger partial charge in [-0.15, -0.1) is 0 Å². The van der Waals surface area contributed by atoms with E-state index in [0.29, 0.717) is 54.5 Å². The minimum atomic E-state index is -0.498. The van der Waals surface area contributed by atoms with Crippen LogP contribution < -0.4 is 15.6 Å². The molecule has 2 aromatic heterocycles. The number of aromatic nitrogens is 2. The monoisotopic (exact) mass is 586 g/mol. The summed E-state index contributed by atoms with van der Waals surface area (Å²) in [5.74, 6) is -1.04. The van der Waals surface area contributed by atoms with Crippen LogP contribution in [-0.4, -0.2) is 71.0 Å². The van der Waals surface area contributed by atoms with E-state index in [-0.39, 0.29) is 53.5 Å². The normalized spacial score (nSPS) is 13.7. The van der Waals surface area contributed by atoms with Crippen molar-refractivity contribution in [2.75, 3.05) is 33.4 Å². The third-order valence-electron chi connectivity index (χ3n) is 7.99. The molecule has 1 aliphatic heterocycles. The van der Waals surface area contributed by atoms with Gasteiger partial charge in [0.1, 0.15) is 5.39 Å². The van der Waals surface area contributed by atoms with E-state index in [2.05, 4.69) is 5.32 Å². The molecule has 11 nitrogen and oxygen atoms in total. The molecular formula is C32H34N4O7. The fourth-order valence-corrected chi connectivity index (χ4v) is 5.76. The van der Waals surface area contributed by atoms with E-state index < -0.39 is 11.5 Å². The number of hydrogen-bond acceptors (Lipinski definition) is 7. The van der Waals surface area contributed by atoms with Crippen molar-refractivity contribution in [3.63, 3.8) is 0 Å². The quantitative estimate of drug-likeness (QED) is 0.236. The Morgan fingerprint density at radius 2 is 1.65 bits per heavy atom. The zero-order chi connectivity index (χ0) is 30.7. The predicted octanol–water partition coefficient (Wildman–Crippen LogP) is 2.92. The highest BCUT2D eigenvalue weighted by Gasteiger charge is 2.29. The van der Waals surface area contributed by atoms with Crippen LogP contribution in [0.2, 0.25) is 0 Å². The first-order valence-corrected chi connectivity index (χ1v) is 14.2. The number of piperidine rings is 1. The summed E-state index contributed by atoms with van der Waals surface area (Å²) < 4.78 is 13.6. The third kappa shape index (κ3) is 5.88. The molecule has 11 heteroatoms. The van der Waals surface area contributed by atoms with E-state index >= 15 is 0 Å². The number of benzene rings is 2. The third-order valence-corrected chi connectivity index (χ3v) is 7.99. The van der Waals surface area contributed by atoms with Gasteiger partial charge in [-0.2, -0.15) is 0 Å². The molecule has 0 aliphatic carbocycles. The van der Waals surface area contributed by atoms with E-state index in [4.69, 9.17) is 9.47 Å². The summed E-state index contributed by atoms with van der Waals surface area (Å²) in [6.45, 7) is 2.22. The molecule has 2 amide bonds. The molecule has 1 saturated heterocycles. The molecule has 0 atom stereocenters. The maximum Gasteiger partial charge on any atom is 0.303 e. The maximum atomic E-state index is 14.0. The van der Waals surface area contributed by atoms with Crippen LogP contribution >= 0.6 is 0 Å². The Bertz CT molecular complexity index is 1770. The minimum Gasteiger partial charge on any atom is -0.493 e. The topological polar surface area (TPSA) is 129 Å². The van der Waals surface area contributed by atoms with Gasteiger partial charge in [0.25, 0.3) is 17.4 Å². The molecule has 224 valence electrons. The first-order chi connectivity index (χ1) is 20.7. The van der Waals surface area contributed by atoms with Gasteiger partial charge in [-0.25, -0.2) is 0 Å². The highest BCUT2D eigenvalue weighted by Crippen LogP contribution is 2.34. The summed E-state index contributed by atoms with van der Waals surface area (Å²) in [5.41, 5.74) is 1.41. The van der Waals surface area contributed by atoms with E-state index in [1.807, 2.05) is 18.2 Å². The van der Waals surface area contributed by atoms with Gasteiger partial charge in [0.05, 0.1) is 24.7 Å². The van der Waals surface area contributed by atoms with Gasteiger partial charge in [-0.3, -0.25) is 28.5 Å². The van der Waals surface area contributed by atoms with Crippen LogP contribution in [0.4, 0.5) is 0 Å². The Hall–Kier alpha value is -4.93. The number of nitrogens with zero attached hydrogens (tertiary/aromatic N) is 3. The first-order valence-electron chi connectivity index (χ1n) is 14.2. The van der Waals surface area contributed by atoms with Crippen molar-refractivity contribution in [2.45, 2.75) is 26.3 Å². The van der Waals surface area contributed by atoms with Gasteiger partial charge >= 0.3 is 5.97 Å². The molecule has 3 heterocycles. The predicted molar refractivity (Wildman–Crippen MR) is 160 cm³/mol. The smallest absolute Gasteiger partial charge is 0.303 e. The SMILES string of the molecule is COc1c(C(=O)NCC2CCN(C(=O)COC(C)=O)CC2)n(C)c2c1c(=O)n(CC(=O)c1ccccc1)c1ccccc21. The van der Waals surface area contributed by atoms with Gasteiger partial charge in [0.2, 0.25) is 0 Å². The van der Waals surface area contributed by atoms with Crippen LogP contribution in [-0.2, 0) is 27.9 Å². The molecule has 0 unspecified atom stereocenters. The molecule has 1 N–H and O–H groups in total. The molecule has 1 aliphatic rings. The highest BCUT2D eigenvalue weighted by molar-refractivity contribution is 6.12. The van der Waals surface area contributed by atoms with Gasteiger partial charge < -0.3 is 24.3 Å².